The Hall–Kier alpha value is -3.06. The molecule has 170 valence electrons. The Morgan fingerprint density at radius 2 is 1.84 bits per heavy atom. The number of nitrogens with zero attached hydrogens (tertiary/aromatic N) is 1. The lowest BCUT2D eigenvalue weighted by atomic mass is 10.0. The quantitative estimate of drug-likeness (QED) is 0.715. The van der Waals surface area contributed by atoms with Gasteiger partial charge in [0.1, 0.15) is 12.3 Å². The molecule has 1 aliphatic heterocycles. The van der Waals surface area contributed by atoms with Crippen LogP contribution in [0.15, 0.2) is 36.4 Å². The number of rotatable bonds is 4. The van der Waals surface area contributed by atoms with Gasteiger partial charge < -0.3 is 15.4 Å². The zero-order chi connectivity index (χ0) is 23.8. The van der Waals surface area contributed by atoms with Crippen LogP contribution in [-0.4, -0.2) is 35.4 Å². The zero-order valence-electron chi connectivity index (χ0n) is 19.1. The predicted octanol–water partition coefficient (Wildman–Crippen LogP) is 4.32. The number of anilines is 2. The summed E-state index contributed by atoms with van der Waals surface area (Å²) in [6.45, 7) is 10.5. The zero-order valence-corrected chi connectivity index (χ0v) is 19.9. The number of benzene rings is 2. The fourth-order valence-corrected chi connectivity index (χ4v) is 3.53. The highest BCUT2D eigenvalue weighted by molar-refractivity contribution is 6.31. The molecule has 0 unspecified atom stereocenters. The average Bonchev–Trinajstić information content (AvgIpc) is 2.67. The van der Waals surface area contributed by atoms with Gasteiger partial charge in [0.15, 0.2) is 5.60 Å². The molecule has 0 atom stereocenters. The lowest BCUT2D eigenvalue weighted by Gasteiger charge is -2.38. The van der Waals surface area contributed by atoms with Gasteiger partial charge in [-0.1, -0.05) is 17.7 Å². The van der Waals surface area contributed by atoms with Crippen LogP contribution in [0.5, 0.6) is 5.75 Å². The Labute approximate surface area is 193 Å². The Morgan fingerprint density at radius 1 is 1.16 bits per heavy atom. The van der Waals surface area contributed by atoms with Gasteiger partial charge in [-0.25, -0.2) is 0 Å². The molecule has 0 fully saturated rings. The number of hydrogen-bond acceptors (Lipinski definition) is 4. The monoisotopic (exact) mass is 457 g/mol. The van der Waals surface area contributed by atoms with Crippen molar-refractivity contribution in [2.75, 3.05) is 16.8 Å². The Bertz CT molecular complexity index is 1090. The highest BCUT2D eigenvalue weighted by Crippen LogP contribution is 2.38. The number of carbonyl (C=O) groups excluding carboxylic acids is 3. The minimum Gasteiger partial charge on any atom is -0.476 e. The summed E-state index contributed by atoms with van der Waals surface area (Å²) in [6.07, 6.45) is 0. The third-order valence-corrected chi connectivity index (χ3v) is 5.38. The summed E-state index contributed by atoms with van der Waals surface area (Å²) >= 11 is 6.14. The van der Waals surface area contributed by atoms with E-state index in [0.717, 1.165) is 5.56 Å². The molecule has 0 bridgehead atoms. The largest absolute Gasteiger partial charge is 0.476 e. The number of hydrogen-bond donors (Lipinski definition) is 2. The first-order valence-electron chi connectivity index (χ1n) is 10.3. The topological polar surface area (TPSA) is 87.7 Å². The van der Waals surface area contributed by atoms with E-state index in [0.29, 0.717) is 27.7 Å². The molecule has 2 aromatic rings. The van der Waals surface area contributed by atoms with Crippen LogP contribution < -0.4 is 20.3 Å². The number of fused-ring (bicyclic) bond motifs is 1. The summed E-state index contributed by atoms with van der Waals surface area (Å²) in [5.41, 5.74) is 0.461. The van der Waals surface area contributed by atoms with Gasteiger partial charge in [0.25, 0.3) is 11.8 Å². The van der Waals surface area contributed by atoms with Gasteiger partial charge in [-0.05, 0) is 77.4 Å². The molecule has 1 heterocycles. The van der Waals surface area contributed by atoms with E-state index in [1.165, 1.54) is 4.90 Å². The van der Waals surface area contributed by atoms with Crippen molar-refractivity contribution in [2.24, 2.45) is 0 Å². The molecule has 8 heteroatoms. The van der Waals surface area contributed by atoms with Crippen LogP contribution in [0.3, 0.4) is 0 Å². The second-order valence-electron chi connectivity index (χ2n) is 9.35. The van der Waals surface area contributed by atoms with E-state index in [-0.39, 0.29) is 18.4 Å². The number of amides is 3. The van der Waals surface area contributed by atoms with E-state index < -0.39 is 17.0 Å². The van der Waals surface area contributed by atoms with Gasteiger partial charge in [-0.2, -0.15) is 0 Å². The SMILES string of the molecule is Cc1c(Cl)cccc1NC(=O)CN1C(=O)C(C)(C)Oc2ccc(C(=O)NC(C)(C)C)cc21. The first kappa shape index (κ1) is 23.6. The molecule has 1 aliphatic rings. The Morgan fingerprint density at radius 3 is 2.50 bits per heavy atom. The highest BCUT2D eigenvalue weighted by atomic mass is 35.5. The maximum absolute atomic E-state index is 13.1. The van der Waals surface area contributed by atoms with Crippen LogP contribution in [0.25, 0.3) is 0 Å². The van der Waals surface area contributed by atoms with E-state index in [2.05, 4.69) is 10.6 Å². The summed E-state index contributed by atoms with van der Waals surface area (Å²) in [5.74, 6) is -0.626. The van der Waals surface area contributed by atoms with Crippen molar-refractivity contribution in [3.8, 4) is 5.75 Å². The normalized spacial score (nSPS) is 15.0. The van der Waals surface area contributed by atoms with Gasteiger partial charge in [0, 0.05) is 21.8 Å². The van der Waals surface area contributed by atoms with Gasteiger partial charge in [-0.3, -0.25) is 19.3 Å². The molecule has 0 aromatic heterocycles. The van der Waals surface area contributed by atoms with Crippen molar-refractivity contribution in [3.05, 3.63) is 52.5 Å². The summed E-state index contributed by atoms with van der Waals surface area (Å²) in [6, 6.07) is 10.1. The molecule has 7 nitrogen and oxygen atoms in total. The van der Waals surface area contributed by atoms with E-state index in [1.807, 2.05) is 20.8 Å². The van der Waals surface area contributed by atoms with Crippen molar-refractivity contribution >= 4 is 40.7 Å². The minimum atomic E-state index is -1.16. The Balaban J connectivity index is 1.92. The molecule has 2 aromatic carbocycles. The average molecular weight is 458 g/mol. The third kappa shape index (κ3) is 5.05. The summed E-state index contributed by atoms with van der Waals surface area (Å²) in [7, 11) is 0. The van der Waals surface area contributed by atoms with Gasteiger partial charge in [0.05, 0.1) is 5.69 Å². The summed E-state index contributed by atoms with van der Waals surface area (Å²) in [4.78, 5) is 40.0. The fourth-order valence-electron chi connectivity index (χ4n) is 3.35. The van der Waals surface area contributed by atoms with Gasteiger partial charge in [-0.15, -0.1) is 0 Å². The lowest BCUT2D eigenvalue weighted by Crippen LogP contribution is -2.54. The Kier molecular flexibility index (Phi) is 6.24. The second kappa shape index (κ2) is 8.47. The van der Waals surface area contributed by atoms with Crippen molar-refractivity contribution in [1.29, 1.82) is 0 Å². The van der Waals surface area contributed by atoms with Crippen molar-refractivity contribution < 1.29 is 19.1 Å². The van der Waals surface area contributed by atoms with E-state index in [1.54, 1.807) is 57.2 Å². The van der Waals surface area contributed by atoms with E-state index in [4.69, 9.17) is 16.3 Å². The van der Waals surface area contributed by atoms with Crippen molar-refractivity contribution in [1.82, 2.24) is 5.32 Å². The number of halogens is 1. The molecular weight excluding hydrogens is 430 g/mol. The fraction of sp³-hybridized carbons (Fsp3) is 0.375. The van der Waals surface area contributed by atoms with Crippen LogP contribution in [0.4, 0.5) is 11.4 Å². The molecule has 2 N–H and O–H groups in total. The molecule has 0 saturated carbocycles. The summed E-state index contributed by atoms with van der Waals surface area (Å²) in [5, 5.41) is 6.24. The van der Waals surface area contributed by atoms with Crippen molar-refractivity contribution in [2.45, 2.75) is 52.7 Å². The highest BCUT2D eigenvalue weighted by Gasteiger charge is 2.42. The van der Waals surface area contributed by atoms with Crippen LogP contribution in [0.2, 0.25) is 5.02 Å². The smallest absolute Gasteiger partial charge is 0.271 e. The van der Waals surface area contributed by atoms with Crippen LogP contribution >= 0.6 is 11.6 Å². The third-order valence-electron chi connectivity index (χ3n) is 4.97. The number of ether oxygens (including phenoxy) is 1. The number of carbonyl (C=O) groups is 3. The van der Waals surface area contributed by atoms with Crippen molar-refractivity contribution in [3.63, 3.8) is 0 Å². The van der Waals surface area contributed by atoms with Gasteiger partial charge >= 0.3 is 0 Å². The molecule has 3 amide bonds. The van der Waals surface area contributed by atoms with Gasteiger partial charge in [0.2, 0.25) is 5.91 Å². The van der Waals surface area contributed by atoms with Crippen LogP contribution in [0, 0.1) is 6.92 Å². The van der Waals surface area contributed by atoms with E-state index >= 15 is 0 Å². The maximum atomic E-state index is 13.1. The molecule has 0 aliphatic carbocycles. The number of nitrogens with one attached hydrogen (secondary N) is 2. The standard InChI is InChI=1S/C24H28ClN3O4/c1-14-16(25)8-7-9-17(14)26-20(29)13-28-18-12-15(21(30)27-23(2,3)4)10-11-19(18)32-24(5,6)22(28)31/h7-12H,13H2,1-6H3,(H,26,29)(H,27,30). The second-order valence-corrected chi connectivity index (χ2v) is 9.76. The summed E-state index contributed by atoms with van der Waals surface area (Å²) < 4.78 is 5.86. The van der Waals surface area contributed by atoms with Crippen LogP contribution in [-0.2, 0) is 9.59 Å². The lowest BCUT2D eigenvalue weighted by molar-refractivity contribution is -0.133. The first-order chi connectivity index (χ1) is 14.8. The van der Waals surface area contributed by atoms with Crippen LogP contribution in [0.1, 0.15) is 50.5 Å². The molecule has 0 radical (unpaired) electrons. The molecular formula is C24H28ClN3O4. The minimum absolute atomic E-state index is 0.241. The first-order valence-corrected chi connectivity index (χ1v) is 10.7. The molecule has 0 spiro atoms. The maximum Gasteiger partial charge on any atom is 0.271 e. The predicted molar refractivity (Wildman–Crippen MR) is 126 cm³/mol. The molecule has 0 saturated heterocycles. The molecule has 3 rings (SSSR count). The molecule has 32 heavy (non-hydrogen) atoms. The van der Waals surface area contributed by atoms with E-state index in [9.17, 15) is 14.4 Å².